The number of nitrogens with zero attached hydrogens (tertiary/aromatic N) is 3. The lowest BCUT2D eigenvalue weighted by molar-refractivity contribution is -0.136. The summed E-state index contributed by atoms with van der Waals surface area (Å²) in [6.45, 7) is 14.8. The van der Waals surface area contributed by atoms with Crippen molar-refractivity contribution in [2.45, 2.75) is 85.9 Å². The van der Waals surface area contributed by atoms with Crippen LogP contribution < -0.4 is 10.2 Å². The summed E-state index contributed by atoms with van der Waals surface area (Å²) in [6.07, 6.45) is 5.11. The molecule has 2 aliphatic heterocycles. The van der Waals surface area contributed by atoms with Crippen LogP contribution in [0.15, 0.2) is 66.7 Å². The normalized spacial score (nSPS) is 16.1. The van der Waals surface area contributed by atoms with E-state index in [2.05, 4.69) is 90.5 Å². The van der Waals surface area contributed by atoms with Crippen molar-refractivity contribution in [3.8, 4) is 11.1 Å². The van der Waals surface area contributed by atoms with Crippen LogP contribution in [0.1, 0.15) is 77.9 Å². The van der Waals surface area contributed by atoms with Crippen LogP contribution >= 0.6 is 11.6 Å². The Balaban J connectivity index is 1.33. The van der Waals surface area contributed by atoms with Gasteiger partial charge in [-0.3, -0.25) is 14.7 Å². The molecule has 0 unspecified atom stereocenters. The van der Waals surface area contributed by atoms with Crippen LogP contribution in [-0.4, -0.2) is 47.1 Å². The third-order valence-electron chi connectivity index (χ3n) is 10.6. The van der Waals surface area contributed by atoms with E-state index in [0.29, 0.717) is 6.54 Å². The third kappa shape index (κ3) is 8.54. The molecule has 4 aromatic rings. The Morgan fingerprint density at radius 2 is 1.73 bits per heavy atom. The minimum atomic E-state index is -0.819. The molecule has 2 N–H and O–H groups in total. The Kier molecular flexibility index (Phi) is 11.1. The van der Waals surface area contributed by atoms with E-state index in [9.17, 15) is 9.90 Å². The van der Waals surface area contributed by atoms with Gasteiger partial charge in [0, 0.05) is 61.1 Å². The highest BCUT2D eigenvalue weighted by atomic mass is 35.5. The lowest BCUT2D eigenvalue weighted by atomic mass is 9.81. The molecule has 7 heteroatoms. The summed E-state index contributed by atoms with van der Waals surface area (Å²) in [7, 11) is 0. The second-order valence-corrected chi connectivity index (χ2v) is 15.2. The number of rotatable bonds is 12. The Morgan fingerprint density at radius 1 is 0.959 bits per heavy atom. The molecule has 0 saturated carbocycles. The van der Waals surface area contributed by atoms with E-state index in [4.69, 9.17) is 16.6 Å². The number of piperidine rings is 1. The number of carbonyl (C=O) groups is 1. The zero-order chi connectivity index (χ0) is 34.5. The first kappa shape index (κ1) is 35.1. The van der Waals surface area contributed by atoms with E-state index in [0.717, 1.165) is 110 Å². The van der Waals surface area contributed by atoms with E-state index in [1.807, 2.05) is 19.1 Å². The standard InChI is InChI=1S/C42H51ClN4O2/c1-29-10-8-14-37(43)36(29)28-46-21-17-32-24-33(15-16-34(32)27-46)40-38(26-44-20-9-13-31-11-6-5-7-12-31)45-30(2)35(25-39(48)49)41(40)47-22-18-42(3,4)19-23-47/h5-8,10-12,14-16,24,44H,9,13,17-23,25-28H2,1-4H3,(H,48,49). The topological polar surface area (TPSA) is 68.7 Å². The first-order chi connectivity index (χ1) is 23.6. The molecule has 2 aliphatic rings. The molecule has 0 spiro atoms. The predicted molar refractivity (Wildman–Crippen MR) is 201 cm³/mol. The van der Waals surface area contributed by atoms with Crippen LogP contribution in [-0.2, 0) is 43.7 Å². The van der Waals surface area contributed by atoms with Gasteiger partial charge in [0.25, 0.3) is 0 Å². The minimum Gasteiger partial charge on any atom is -0.481 e. The van der Waals surface area contributed by atoms with Gasteiger partial charge in [-0.05, 0) is 97.4 Å². The van der Waals surface area contributed by atoms with Crippen LogP contribution in [0.3, 0.4) is 0 Å². The number of hydrogen-bond acceptors (Lipinski definition) is 5. The number of halogens is 1. The van der Waals surface area contributed by atoms with Crippen LogP contribution in [0.5, 0.6) is 0 Å². The number of nitrogens with one attached hydrogen (secondary N) is 1. The fraction of sp³-hybridized carbons (Fsp3) is 0.429. The number of carboxylic acids is 1. The molecular weight excluding hydrogens is 628 g/mol. The number of aliphatic carboxylic acids is 1. The van der Waals surface area contributed by atoms with Gasteiger partial charge in [0.15, 0.2) is 0 Å². The molecular formula is C42H51ClN4O2. The number of anilines is 1. The SMILES string of the molecule is Cc1cccc(Cl)c1CN1CCc2cc(-c3c(CNCCCc4ccccc4)nc(C)c(CC(=O)O)c3N3CCC(C)(C)CC3)ccc2C1. The number of pyridine rings is 1. The smallest absolute Gasteiger partial charge is 0.307 e. The fourth-order valence-corrected chi connectivity index (χ4v) is 7.81. The number of carboxylic acid groups (broad SMARTS) is 1. The number of aryl methyl sites for hydroxylation is 3. The molecule has 1 fully saturated rings. The molecule has 258 valence electrons. The van der Waals surface area contributed by atoms with Crippen molar-refractivity contribution in [1.29, 1.82) is 0 Å². The summed E-state index contributed by atoms with van der Waals surface area (Å²) >= 11 is 6.61. The average Bonchev–Trinajstić information content (AvgIpc) is 3.07. The summed E-state index contributed by atoms with van der Waals surface area (Å²) in [5.74, 6) is -0.819. The van der Waals surface area contributed by atoms with E-state index >= 15 is 0 Å². The van der Waals surface area contributed by atoms with Crippen molar-refractivity contribution in [3.05, 3.63) is 117 Å². The van der Waals surface area contributed by atoms with Gasteiger partial charge in [0.2, 0.25) is 0 Å². The Labute approximate surface area is 297 Å². The van der Waals surface area contributed by atoms with Crippen molar-refractivity contribution >= 4 is 23.3 Å². The van der Waals surface area contributed by atoms with E-state index in [1.54, 1.807) is 0 Å². The van der Waals surface area contributed by atoms with Crippen LogP contribution in [0.25, 0.3) is 11.1 Å². The quantitative estimate of drug-likeness (QED) is 0.146. The molecule has 6 rings (SSSR count). The third-order valence-corrected chi connectivity index (χ3v) is 10.9. The lowest BCUT2D eigenvalue weighted by Gasteiger charge is -2.40. The maximum absolute atomic E-state index is 12.3. The van der Waals surface area contributed by atoms with Gasteiger partial charge in [-0.15, -0.1) is 0 Å². The lowest BCUT2D eigenvalue weighted by Crippen LogP contribution is -2.38. The molecule has 0 radical (unpaired) electrons. The zero-order valence-corrected chi connectivity index (χ0v) is 30.4. The van der Waals surface area contributed by atoms with Crippen molar-refractivity contribution in [3.63, 3.8) is 0 Å². The molecule has 49 heavy (non-hydrogen) atoms. The first-order valence-electron chi connectivity index (χ1n) is 17.9. The van der Waals surface area contributed by atoms with Crippen molar-refractivity contribution < 1.29 is 9.90 Å². The van der Waals surface area contributed by atoms with Crippen molar-refractivity contribution in [2.75, 3.05) is 31.1 Å². The maximum Gasteiger partial charge on any atom is 0.307 e. The maximum atomic E-state index is 12.3. The number of hydrogen-bond donors (Lipinski definition) is 2. The predicted octanol–water partition coefficient (Wildman–Crippen LogP) is 8.55. The van der Waals surface area contributed by atoms with Gasteiger partial charge in [0.05, 0.1) is 17.8 Å². The number of aromatic nitrogens is 1. The summed E-state index contributed by atoms with van der Waals surface area (Å²) in [5.41, 5.74) is 12.7. The number of benzene rings is 3. The molecule has 0 bridgehead atoms. The highest BCUT2D eigenvalue weighted by Crippen LogP contribution is 2.42. The average molecular weight is 679 g/mol. The minimum absolute atomic E-state index is 0.0345. The zero-order valence-electron chi connectivity index (χ0n) is 29.6. The molecule has 0 atom stereocenters. The second-order valence-electron chi connectivity index (χ2n) is 14.8. The summed E-state index contributed by atoms with van der Waals surface area (Å²) in [6, 6.07) is 23.7. The van der Waals surface area contributed by atoms with Crippen molar-refractivity contribution in [2.24, 2.45) is 5.41 Å². The molecule has 1 saturated heterocycles. The highest BCUT2D eigenvalue weighted by Gasteiger charge is 2.31. The molecule has 0 aliphatic carbocycles. The van der Waals surface area contributed by atoms with E-state index in [-0.39, 0.29) is 11.8 Å². The monoisotopic (exact) mass is 678 g/mol. The van der Waals surface area contributed by atoms with Gasteiger partial charge < -0.3 is 15.3 Å². The number of fused-ring (bicyclic) bond motifs is 1. The fourth-order valence-electron chi connectivity index (χ4n) is 7.52. The molecule has 3 heterocycles. The molecule has 0 amide bonds. The van der Waals surface area contributed by atoms with Crippen LogP contribution in [0.4, 0.5) is 5.69 Å². The summed E-state index contributed by atoms with van der Waals surface area (Å²) < 4.78 is 0. The largest absolute Gasteiger partial charge is 0.481 e. The van der Waals surface area contributed by atoms with Crippen molar-refractivity contribution in [1.82, 2.24) is 15.2 Å². The highest BCUT2D eigenvalue weighted by molar-refractivity contribution is 6.31. The van der Waals surface area contributed by atoms with Gasteiger partial charge in [-0.1, -0.05) is 86.1 Å². The summed E-state index contributed by atoms with van der Waals surface area (Å²) in [4.78, 5) is 22.4. The molecule has 1 aromatic heterocycles. The van der Waals surface area contributed by atoms with Gasteiger partial charge >= 0.3 is 5.97 Å². The Hall–Kier alpha value is -3.71. The summed E-state index contributed by atoms with van der Waals surface area (Å²) in [5, 5.41) is 14.6. The first-order valence-corrected chi connectivity index (χ1v) is 18.3. The Morgan fingerprint density at radius 3 is 2.47 bits per heavy atom. The molecule has 3 aromatic carbocycles. The van der Waals surface area contributed by atoms with Gasteiger partial charge in [-0.2, -0.15) is 0 Å². The van der Waals surface area contributed by atoms with Crippen LogP contribution in [0.2, 0.25) is 5.02 Å². The van der Waals surface area contributed by atoms with Gasteiger partial charge in [0.1, 0.15) is 0 Å². The molecule has 6 nitrogen and oxygen atoms in total. The van der Waals surface area contributed by atoms with E-state index < -0.39 is 5.97 Å². The Bertz CT molecular complexity index is 1760. The second kappa shape index (κ2) is 15.5. The van der Waals surface area contributed by atoms with Gasteiger partial charge in [-0.25, -0.2) is 0 Å². The van der Waals surface area contributed by atoms with E-state index in [1.165, 1.54) is 27.8 Å². The van der Waals surface area contributed by atoms with Crippen LogP contribution in [0, 0.1) is 19.3 Å².